The van der Waals surface area contributed by atoms with E-state index in [1.54, 1.807) is 37.4 Å². The summed E-state index contributed by atoms with van der Waals surface area (Å²) in [5, 5.41) is 6.51. The van der Waals surface area contributed by atoms with Crippen LogP contribution in [0.15, 0.2) is 24.4 Å². The Bertz CT molecular complexity index is 1240. The van der Waals surface area contributed by atoms with Crippen molar-refractivity contribution in [2.24, 2.45) is 11.8 Å². The molecule has 2 amide bonds. The third-order valence-electron chi connectivity index (χ3n) is 8.56. The van der Waals surface area contributed by atoms with E-state index in [1.807, 2.05) is 13.0 Å². The first-order chi connectivity index (χ1) is 18.7. The average molecular weight is 536 g/mol. The van der Waals surface area contributed by atoms with Gasteiger partial charge in [-0.1, -0.05) is 6.92 Å². The molecule has 4 atom stereocenters. The maximum absolute atomic E-state index is 13.1. The molecule has 1 aliphatic carbocycles. The zero-order valence-corrected chi connectivity index (χ0v) is 23.9. The molecule has 1 saturated heterocycles. The fourth-order valence-corrected chi connectivity index (χ4v) is 6.55. The Balaban J connectivity index is 1.32. The number of likely N-dealkylation sites (tertiary alicyclic amines) is 1. The van der Waals surface area contributed by atoms with E-state index in [2.05, 4.69) is 46.3 Å². The summed E-state index contributed by atoms with van der Waals surface area (Å²) in [6.07, 6.45) is 5.68. The lowest BCUT2D eigenvalue weighted by Gasteiger charge is -2.42. The van der Waals surface area contributed by atoms with Crippen molar-refractivity contribution in [2.45, 2.75) is 64.6 Å². The number of ether oxygens (including phenoxy) is 1. The molecule has 210 valence electrons. The number of carbonyl (C=O) groups excluding carboxylic acids is 2. The number of amides is 2. The molecule has 2 aromatic rings. The Morgan fingerprint density at radius 1 is 1.21 bits per heavy atom. The number of rotatable bonds is 7. The quantitative estimate of drug-likeness (QED) is 0.554. The second-order valence-electron chi connectivity index (χ2n) is 11.5. The lowest BCUT2D eigenvalue weighted by atomic mass is 9.89. The van der Waals surface area contributed by atoms with Crippen LogP contribution in [0.3, 0.4) is 0 Å². The minimum atomic E-state index is -0.276. The summed E-state index contributed by atoms with van der Waals surface area (Å²) in [5.41, 5.74) is 1.90. The van der Waals surface area contributed by atoms with Gasteiger partial charge < -0.3 is 30.1 Å². The van der Waals surface area contributed by atoms with Crippen LogP contribution in [-0.2, 0) is 4.79 Å². The van der Waals surface area contributed by atoms with Crippen LogP contribution in [0.5, 0.6) is 5.75 Å². The van der Waals surface area contributed by atoms with Gasteiger partial charge in [0.1, 0.15) is 17.5 Å². The summed E-state index contributed by atoms with van der Waals surface area (Å²) in [4.78, 5) is 41.4. The van der Waals surface area contributed by atoms with Crippen molar-refractivity contribution in [3.05, 3.63) is 30.0 Å². The van der Waals surface area contributed by atoms with E-state index in [1.165, 1.54) is 6.42 Å². The highest BCUT2D eigenvalue weighted by atomic mass is 16.5. The third kappa shape index (κ3) is 5.26. The van der Waals surface area contributed by atoms with Crippen LogP contribution >= 0.6 is 0 Å². The predicted octanol–water partition coefficient (Wildman–Crippen LogP) is 3.66. The lowest BCUT2D eigenvalue weighted by Crippen LogP contribution is -2.54. The van der Waals surface area contributed by atoms with Crippen LogP contribution in [0.1, 0.15) is 56.8 Å². The minimum Gasteiger partial charge on any atom is -0.495 e. The standard InChI is InChI=1S/C29H41N7O3/c1-7-23-28(38)35(5)24-15-30-29(33-26(24)36(23)17(2)3)32-22-9-8-19(14-25(22)39-6)27(37)31-21-12-18-10-11-34(4)16-20(18)13-21/h8-9,14-15,17-18,20-21,23H,7,10-13,16H2,1-6H3,(H,31,37)(H,30,32,33)/t18-,20-,21-,23+/m0/s1. The fourth-order valence-electron chi connectivity index (χ4n) is 6.55. The van der Waals surface area contributed by atoms with Gasteiger partial charge in [0.25, 0.3) is 5.91 Å². The molecule has 5 rings (SSSR count). The first kappa shape index (κ1) is 27.2. The number of nitrogens with zero attached hydrogens (tertiary/aromatic N) is 5. The summed E-state index contributed by atoms with van der Waals surface area (Å²) in [7, 11) is 5.53. The number of hydrogen-bond donors (Lipinski definition) is 2. The number of benzene rings is 1. The summed E-state index contributed by atoms with van der Waals surface area (Å²) >= 11 is 0. The minimum absolute atomic E-state index is 0.0437. The second kappa shape index (κ2) is 11.0. The zero-order chi connectivity index (χ0) is 27.8. The van der Waals surface area contributed by atoms with E-state index in [0.717, 1.165) is 31.7 Å². The molecule has 1 aromatic heterocycles. The van der Waals surface area contributed by atoms with Gasteiger partial charge >= 0.3 is 0 Å². The van der Waals surface area contributed by atoms with Crippen LogP contribution in [0.25, 0.3) is 0 Å². The number of piperidine rings is 1. The topological polar surface area (TPSA) is 103 Å². The lowest BCUT2D eigenvalue weighted by molar-refractivity contribution is -0.120. The molecule has 0 unspecified atom stereocenters. The van der Waals surface area contributed by atoms with Gasteiger partial charge in [0, 0.05) is 31.2 Å². The number of nitrogens with one attached hydrogen (secondary N) is 2. The van der Waals surface area contributed by atoms with Gasteiger partial charge in [-0.15, -0.1) is 0 Å². The predicted molar refractivity (Wildman–Crippen MR) is 153 cm³/mol. The van der Waals surface area contributed by atoms with Crippen LogP contribution < -0.4 is 25.2 Å². The highest BCUT2D eigenvalue weighted by Crippen LogP contribution is 2.39. The number of likely N-dealkylation sites (N-methyl/N-ethyl adjacent to an activating group) is 1. The first-order valence-electron chi connectivity index (χ1n) is 14.1. The molecule has 3 heterocycles. The monoisotopic (exact) mass is 535 g/mol. The van der Waals surface area contributed by atoms with Crippen molar-refractivity contribution >= 4 is 35.0 Å². The van der Waals surface area contributed by atoms with E-state index in [0.29, 0.717) is 46.9 Å². The van der Waals surface area contributed by atoms with E-state index in [-0.39, 0.29) is 29.9 Å². The van der Waals surface area contributed by atoms with Gasteiger partial charge in [0.15, 0.2) is 5.82 Å². The molecular formula is C29H41N7O3. The van der Waals surface area contributed by atoms with Gasteiger partial charge in [-0.25, -0.2) is 4.98 Å². The molecule has 0 bridgehead atoms. The normalized spacial score (nSPS) is 24.9. The first-order valence-corrected chi connectivity index (χ1v) is 14.1. The van der Waals surface area contributed by atoms with Crippen molar-refractivity contribution in [1.29, 1.82) is 0 Å². The summed E-state index contributed by atoms with van der Waals surface area (Å²) in [5.74, 6) is 2.99. The number of carbonyl (C=O) groups is 2. The highest BCUT2D eigenvalue weighted by Gasteiger charge is 2.39. The number of hydrogen-bond acceptors (Lipinski definition) is 8. The molecule has 0 spiro atoms. The van der Waals surface area contributed by atoms with Crippen LogP contribution in [-0.4, -0.2) is 79.1 Å². The third-order valence-corrected chi connectivity index (χ3v) is 8.56. The van der Waals surface area contributed by atoms with Crippen molar-refractivity contribution in [3.8, 4) is 5.75 Å². The molecule has 2 fully saturated rings. The molecule has 0 radical (unpaired) electrons. The molecule has 1 aromatic carbocycles. The molecular weight excluding hydrogens is 494 g/mol. The smallest absolute Gasteiger partial charge is 0.251 e. The number of aromatic nitrogens is 2. The van der Waals surface area contributed by atoms with Crippen molar-refractivity contribution < 1.29 is 14.3 Å². The van der Waals surface area contributed by atoms with Gasteiger partial charge in [0.05, 0.1) is 19.0 Å². The van der Waals surface area contributed by atoms with E-state index < -0.39 is 0 Å². The van der Waals surface area contributed by atoms with Gasteiger partial charge in [0.2, 0.25) is 11.9 Å². The molecule has 1 saturated carbocycles. The van der Waals surface area contributed by atoms with E-state index >= 15 is 0 Å². The number of anilines is 4. The Morgan fingerprint density at radius 3 is 2.69 bits per heavy atom. The molecule has 10 nitrogen and oxygen atoms in total. The summed E-state index contributed by atoms with van der Waals surface area (Å²) in [6, 6.07) is 5.41. The molecule has 2 aliphatic heterocycles. The Morgan fingerprint density at radius 2 is 1.97 bits per heavy atom. The highest BCUT2D eigenvalue weighted by molar-refractivity contribution is 6.04. The maximum atomic E-state index is 13.1. The van der Waals surface area contributed by atoms with Crippen LogP contribution in [0.4, 0.5) is 23.1 Å². The van der Waals surface area contributed by atoms with E-state index in [9.17, 15) is 9.59 Å². The van der Waals surface area contributed by atoms with Crippen LogP contribution in [0.2, 0.25) is 0 Å². The number of fused-ring (bicyclic) bond motifs is 2. The van der Waals surface area contributed by atoms with Gasteiger partial charge in [-0.05, 0) is 83.2 Å². The van der Waals surface area contributed by atoms with E-state index in [4.69, 9.17) is 9.72 Å². The van der Waals surface area contributed by atoms with Crippen LogP contribution in [0, 0.1) is 11.8 Å². The average Bonchev–Trinajstić information content (AvgIpc) is 3.31. The largest absolute Gasteiger partial charge is 0.495 e. The molecule has 3 aliphatic rings. The summed E-state index contributed by atoms with van der Waals surface area (Å²) < 4.78 is 5.64. The molecule has 10 heteroatoms. The fraction of sp³-hybridized carbons (Fsp3) is 0.586. The van der Waals surface area contributed by atoms with Gasteiger partial charge in [-0.2, -0.15) is 4.98 Å². The van der Waals surface area contributed by atoms with Crippen molar-refractivity contribution in [1.82, 2.24) is 20.2 Å². The van der Waals surface area contributed by atoms with Crippen molar-refractivity contribution in [2.75, 3.05) is 49.4 Å². The van der Waals surface area contributed by atoms with Crippen molar-refractivity contribution in [3.63, 3.8) is 0 Å². The molecule has 2 N–H and O–H groups in total. The van der Waals surface area contributed by atoms with Gasteiger partial charge in [-0.3, -0.25) is 9.59 Å². The number of methoxy groups -OCH3 is 1. The second-order valence-corrected chi connectivity index (χ2v) is 11.5. The summed E-state index contributed by atoms with van der Waals surface area (Å²) in [6.45, 7) is 8.40. The Hall–Kier alpha value is -3.40. The zero-order valence-electron chi connectivity index (χ0n) is 23.9. The maximum Gasteiger partial charge on any atom is 0.251 e. The SMILES string of the molecule is CC[C@@H]1C(=O)N(C)c2cnc(Nc3ccc(C(=O)N[C@H]4C[C@@H]5CCN(C)C[C@@H]5C4)cc3OC)nc2N1C(C)C. The Kier molecular flexibility index (Phi) is 7.66. The molecule has 39 heavy (non-hydrogen) atoms. The Labute approximate surface area is 231 Å².